The molecule has 1 fully saturated rings. The van der Waals surface area contributed by atoms with E-state index in [1.54, 1.807) is 6.07 Å². The Balaban J connectivity index is 0.00000205. The number of H-pyrrole nitrogens is 1. The second-order valence-electron chi connectivity index (χ2n) is 7.43. The lowest BCUT2D eigenvalue weighted by molar-refractivity contribution is 0.261. The molecule has 0 spiro atoms. The number of fused-ring (bicyclic) bond motifs is 2. The Hall–Kier alpha value is -2.15. The third-order valence-corrected chi connectivity index (χ3v) is 6.57. The molecule has 0 bridgehead atoms. The molecule has 0 saturated carbocycles. The molecule has 3 heterocycles. The number of halogens is 1. The monoisotopic (exact) mass is 469 g/mol. The number of rotatable bonds is 4. The summed E-state index contributed by atoms with van der Waals surface area (Å²) < 4.78 is 1.37. The zero-order valence-electron chi connectivity index (χ0n) is 16.1. The Kier molecular flexibility index (Phi) is 6.04. The maximum absolute atomic E-state index is 11.5. The Bertz CT molecular complexity index is 1180. The predicted octanol–water partition coefficient (Wildman–Crippen LogP) is 4.69. The summed E-state index contributed by atoms with van der Waals surface area (Å²) in [7, 11) is 0. The first-order chi connectivity index (χ1) is 13.8. The third kappa shape index (κ3) is 4.25. The van der Waals surface area contributed by atoms with E-state index in [0.29, 0.717) is 0 Å². The molecule has 0 aliphatic carbocycles. The van der Waals surface area contributed by atoms with E-state index < -0.39 is 0 Å². The number of pyridine rings is 1. The molecule has 4 aromatic rings. The molecule has 4 nitrogen and oxygen atoms in total. The maximum Gasteiger partial charge on any atom is 0.248 e. The molecule has 2 aromatic heterocycles. The molecular weight excluding hydrogens is 446 g/mol. The van der Waals surface area contributed by atoms with E-state index in [1.807, 2.05) is 17.4 Å². The van der Waals surface area contributed by atoms with Crippen LogP contribution in [0.1, 0.15) is 5.56 Å². The number of nitrogens with zero attached hydrogens (tertiary/aromatic N) is 2. The van der Waals surface area contributed by atoms with Gasteiger partial charge in [0.05, 0.1) is 0 Å². The molecule has 0 atom stereocenters. The van der Waals surface area contributed by atoms with Crippen LogP contribution in [0, 0.1) is 0 Å². The van der Waals surface area contributed by atoms with E-state index in [2.05, 4.69) is 62.6 Å². The smallest absolute Gasteiger partial charge is 0.248 e. The van der Waals surface area contributed by atoms with Gasteiger partial charge in [-0.25, -0.2) is 0 Å². The molecule has 1 N–H and O–H groups in total. The minimum atomic E-state index is -0.0404. The zero-order chi connectivity index (χ0) is 18.9. The fourth-order valence-corrected chi connectivity index (χ4v) is 4.91. The van der Waals surface area contributed by atoms with Crippen molar-refractivity contribution >= 4 is 55.0 Å². The van der Waals surface area contributed by atoms with Crippen molar-refractivity contribution in [1.29, 1.82) is 0 Å². The number of piperazine rings is 1. The van der Waals surface area contributed by atoms with Crippen molar-refractivity contribution in [2.45, 2.75) is 6.42 Å². The molecule has 6 heteroatoms. The maximum atomic E-state index is 11.5. The van der Waals surface area contributed by atoms with Gasteiger partial charge in [0.15, 0.2) is 0 Å². The van der Waals surface area contributed by atoms with Crippen LogP contribution in [0.25, 0.3) is 21.0 Å². The van der Waals surface area contributed by atoms with Crippen molar-refractivity contribution < 1.29 is 0 Å². The van der Waals surface area contributed by atoms with Crippen molar-refractivity contribution in [3.8, 4) is 0 Å². The average Bonchev–Trinajstić information content (AvgIpc) is 3.21. The van der Waals surface area contributed by atoms with Crippen molar-refractivity contribution in [2.24, 2.45) is 0 Å². The van der Waals surface area contributed by atoms with Crippen molar-refractivity contribution in [3.63, 3.8) is 0 Å². The fraction of sp³-hybridized carbons (Fsp3) is 0.261. The number of thiophene rings is 1. The number of hydrogen-bond acceptors (Lipinski definition) is 4. The first-order valence-corrected chi connectivity index (χ1v) is 10.7. The van der Waals surface area contributed by atoms with Crippen LogP contribution in [0.4, 0.5) is 5.69 Å². The summed E-state index contributed by atoms with van der Waals surface area (Å²) in [4.78, 5) is 19.5. The van der Waals surface area contributed by atoms with Crippen molar-refractivity contribution in [3.05, 3.63) is 75.9 Å². The summed E-state index contributed by atoms with van der Waals surface area (Å²) in [6, 6.07) is 18.7. The Morgan fingerprint density at radius 1 is 0.966 bits per heavy atom. The van der Waals surface area contributed by atoms with Crippen LogP contribution in [-0.4, -0.2) is 42.6 Å². The van der Waals surface area contributed by atoms with Crippen LogP contribution >= 0.6 is 28.3 Å². The van der Waals surface area contributed by atoms with Gasteiger partial charge in [0.25, 0.3) is 0 Å². The highest BCUT2D eigenvalue weighted by Gasteiger charge is 2.18. The van der Waals surface area contributed by atoms with Crippen LogP contribution in [0.15, 0.2) is 64.8 Å². The lowest BCUT2D eigenvalue weighted by Crippen LogP contribution is -2.47. The Morgan fingerprint density at radius 3 is 2.66 bits per heavy atom. The number of benzene rings is 2. The molecular formula is C23H24BrN3OS. The molecule has 0 amide bonds. The van der Waals surface area contributed by atoms with Gasteiger partial charge in [0, 0.05) is 60.1 Å². The van der Waals surface area contributed by atoms with Crippen LogP contribution in [0.5, 0.6) is 0 Å². The lowest BCUT2D eigenvalue weighted by Gasteiger charge is -2.36. The first-order valence-electron chi connectivity index (χ1n) is 9.82. The Labute approximate surface area is 184 Å². The highest BCUT2D eigenvalue weighted by Crippen LogP contribution is 2.31. The summed E-state index contributed by atoms with van der Waals surface area (Å²) >= 11 is 1.81. The summed E-state index contributed by atoms with van der Waals surface area (Å²) in [5, 5.41) is 4.65. The van der Waals surface area contributed by atoms with Crippen LogP contribution in [0.2, 0.25) is 0 Å². The van der Waals surface area contributed by atoms with Crippen LogP contribution in [0.3, 0.4) is 0 Å². The van der Waals surface area contributed by atoms with Crippen LogP contribution < -0.4 is 10.5 Å². The largest absolute Gasteiger partial charge is 0.368 e. The zero-order valence-corrected chi connectivity index (χ0v) is 18.7. The van der Waals surface area contributed by atoms with Gasteiger partial charge in [0.1, 0.15) is 0 Å². The number of anilines is 1. The van der Waals surface area contributed by atoms with E-state index in [0.717, 1.165) is 50.0 Å². The second kappa shape index (κ2) is 8.69. The first kappa shape index (κ1) is 20.1. The van der Waals surface area contributed by atoms with Crippen LogP contribution in [-0.2, 0) is 6.42 Å². The van der Waals surface area contributed by atoms with Crippen molar-refractivity contribution in [2.75, 3.05) is 37.6 Å². The summed E-state index contributed by atoms with van der Waals surface area (Å²) in [5.74, 6) is 0. The standard InChI is InChI=1S/C23H23N3OS.BrH/c27-23-7-6-18-5-4-17(16-20(18)24-23)8-10-25-11-13-26(14-12-25)21-2-1-3-22-19(21)9-15-28-22;/h1-7,9,15-16H,8,10-14H2,(H,24,27);1H. The van der Waals surface area contributed by atoms with Gasteiger partial charge in [0.2, 0.25) is 5.56 Å². The second-order valence-corrected chi connectivity index (χ2v) is 8.38. The van der Waals surface area contributed by atoms with Gasteiger partial charge >= 0.3 is 0 Å². The molecule has 1 aliphatic rings. The third-order valence-electron chi connectivity index (χ3n) is 5.69. The van der Waals surface area contributed by atoms with Gasteiger partial charge in [-0.3, -0.25) is 9.69 Å². The number of aromatic amines is 1. The predicted molar refractivity (Wildman–Crippen MR) is 129 cm³/mol. The SMILES string of the molecule is Br.O=c1ccc2ccc(CCN3CCN(c4cccc5sccc45)CC3)cc2[nH]1. The number of hydrogen-bond donors (Lipinski definition) is 1. The molecule has 0 radical (unpaired) electrons. The van der Waals surface area contributed by atoms with Gasteiger partial charge in [-0.1, -0.05) is 18.2 Å². The van der Waals surface area contributed by atoms with Gasteiger partial charge < -0.3 is 9.88 Å². The molecule has 0 unspecified atom stereocenters. The normalized spacial score (nSPS) is 15.0. The fourth-order valence-electron chi connectivity index (χ4n) is 4.11. The molecule has 1 saturated heterocycles. The van der Waals surface area contributed by atoms with Gasteiger partial charge in [-0.2, -0.15) is 0 Å². The highest BCUT2D eigenvalue weighted by atomic mass is 79.9. The highest BCUT2D eigenvalue weighted by molar-refractivity contribution is 8.93. The van der Waals surface area contributed by atoms with E-state index >= 15 is 0 Å². The van der Waals surface area contributed by atoms with Gasteiger partial charge in [-0.15, -0.1) is 28.3 Å². The quantitative estimate of drug-likeness (QED) is 0.471. The topological polar surface area (TPSA) is 39.3 Å². The van der Waals surface area contributed by atoms with E-state index in [-0.39, 0.29) is 22.5 Å². The average molecular weight is 470 g/mol. The minimum absolute atomic E-state index is 0. The van der Waals surface area contributed by atoms with E-state index in [9.17, 15) is 4.79 Å². The molecule has 29 heavy (non-hydrogen) atoms. The van der Waals surface area contributed by atoms with E-state index in [4.69, 9.17) is 0 Å². The Morgan fingerprint density at radius 2 is 1.79 bits per heavy atom. The molecule has 5 rings (SSSR count). The van der Waals surface area contributed by atoms with Crippen molar-refractivity contribution in [1.82, 2.24) is 9.88 Å². The van der Waals surface area contributed by atoms with E-state index in [1.165, 1.54) is 21.3 Å². The summed E-state index contributed by atoms with van der Waals surface area (Å²) in [6.45, 7) is 5.37. The number of nitrogens with one attached hydrogen (secondary N) is 1. The lowest BCUT2D eigenvalue weighted by atomic mass is 10.1. The minimum Gasteiger partial charge on any atom is -0.368 e. The van der Waals surface area contributed by atoms with Gasteiger partial charge in [-0.05, 0) is 53.1 Å². The summed E-state index contributed by atoms with van der Waals surface area (Å²) in [5.41, 5.74) is 3.54. The number of aromatic nitrogens is 1. The summed E-state index contributed by atoms with van der Waals surface area (Å²) in [6.07, 6.45) is 1.01. The molecule has 2 aromatic carbocycles. The molecule has 150 valence electrons. The molecule has 1 aliphatic heterocycles.